The minimum absolute atomic E-state index is 0.142. The van der Waals surface area contributed by atoms with E-state index in [4.69, 9.17) is 4.74 Å². The van der Waals surface area contributed by atoms with Gasteiger partial charge >= 0.3 is 0 Å². The lowest BCUT2D eigenvalue weighted by Crippen LogP contribution is -2.32. The Kier molecular flexibility index (Phi) is 5.54. The molecular weight excluding hydrogens is 395 g/mol. The van der Waals surface area contributed by atoms with E-state index in [0.717, 1.165) is 16.9 Å². The second-order valence-corrected chi connectivity index (χ2v) is 7.08. The fourth-order valence-corrected chi connectivity index (χ4v) is 3.48. The molecule has 31 heavy (non-hydrogen) atoms. The van der Waals surface area contributed by atoms with E-state index in [-0.39, 0.29) is 11.3 Å². The predicted octanol–water partition coefficient (Wildman–Crippen LogP) is 4.79. The summed E-state index contributed by atoms with van der Waals surface area (Å²) in [7, 11) is 1.52. The summed E-state index contributed by atoms with van der Waals surface area (Å²) in [4.78, 5) is 27.8. The Morgan fingerprint density at radius 1 is 0.935 bits per heavy atom. The molecule has 0 spiro atoms. The summed E-state index contributed by atoms with van der Waals surface area (Å²) in [5.74, 6) is -0.872. The zero-order valence-electron chi connectivity index (χ0n) is 17.2. The van der Waals surface area contributed by atoms with Gasteiger partial charge in [0.25, 0.3) is 11.8 Å². The number of methoxy groups -OCH3 is 1. The van der Waals surface area contributed by atoms with Gasteiger partial charge in [-0.15, -0.1) is 0 Å². The molecule has 0 radical (unpaired) electrons. The molecule has 0 unspecified atom stereocenters. The van der Waals surface area contributed by atoms with Gasteiger partial charge in [0.2, 0.25) is 0 Å². The number of rotatable bonds is 6. The second kappa shape index (κ2) is 8.44. The first-order valence-corrected chi connectivity index (χ1v) is 9.91. The normalized spacial score (nSPS) is 13.7. The number of ether oxygens (including phenoxy) is 1. The number of benzene rings is 3. The van der Waals surface area contributed by atoms with Crippen molar-refractivity contribution in [1.29, 1.82) is 0 Å². The summed E-state index contributed by atoms with van der Waals surface area (Å²) in [5, 5.41) is 3.11. The van der Waals surface area contributed by atoms with E-state index in [2.05, 4.69) is 12.2 Å². The van der Waals surface area contributed by atoms with Gasteiger partial charge in [0.1, 0.15) is 17.3 Å². The molecule has 0 bridgehead atoms. The minimum Gasteiger partial charge on any atom is -0.497 e. The van der Waals surface area contributed by atoms with Crippen LogP contribution in [0.2, 0.25) is 0 Å². The van der Waals surface area contributed by atoms with Crippen LogP contribution in [0, 0.1) is 5.82 Å². The summed E-state index contributed by atoms with van der Waals surface area (Å²) in [6.45, 7) is 2.06. The first-order chi connectivity index (χ1) is 15.0. The number of nitrogens with zero attached hydrogens (tertiary/aromatic N) is 1. The molecule has 0 saturated heterocycles. The van der Waals surface area contributed by atoms with Gasteiger partial charge in [-0.05, 0) is 53.9 Å². The highest BCUT2D eigenvalue weighted by molar-refractivity contribution is 6.46. The van der Waals surface area contributed by atoms with Crippen LogP contribution in [0.25, 0.3) is 5.57 Å². The lowest BCUT2D eigenvalue weighted by Gasteiger charge is -2.16. The highest BCUT2D eigenvalue weighted by atomic mass is 19.1. The lowest BCUT2D eigenvalue weighted by atomic mass is 10.0. The fourth-order valence-electron chi connectivity index (χ4n) is 3.48. The van der Waals surface area contributed by atoms with Crippen molar-refractivity contribution in [3.8, 4) is 5.75 Å². The Bertz CT molecular complexity index is 1170. The van der Waals surface area contributed by atoms with Gasteiger partial charge < -0.3 is 10.1 Å². The summed E-state index contributed by atoms with van der Waals surface area (Å²) in [6, 6.07) is 19.9. The topological polar surface area (TPSA) is 58.6 Å². The molecule has 1 N–H and O–H groups in total. The molecule has 156 valence electrons. The van der Waals surface area contributed by atoms with E-state index in [1.807, 2.05) is 24.3 Å². The molecule has 5 nitrogen and oxygen atoms in total. The van der Waals surface area contributed by atoms with E-state index >= 15 is 0 Å². The predicted molar refractivity (Wildman–Crippen MR) is 118 cm³/mol. The van der Waals surface area contributed by atoms with Crippen LogP contribution in [-0.2, 0) is 16.0 Å². The van der Waals surface area contributed by atoms with E-state index in [0.29, 0.717) is 22.7 Å². The zero-order valence-corrected chi connectivity index (χ0v) is 17.2. The molecule has 3 aromatic carbocycles. The van der Waals surface area contributed by atoms with Crippen LogP contribution in [0.3, 0.4) is 0 Å². The second-order valence-electron chi connectivity index (χ2n) is 7.08. The maximum atomic E-state index is 13.5. The van der Waals surface area contributed by atoms with Gasteiger partial charge in [-0.3, -0.25) is 9.59 Å². The largest absolute Gasteiger partial charge is 0.497 e. The van der Waals surface area contributed by atoms with Crippen molar-refractivity contribution in [2.45, 2.75) is 13.3 Å². The van der Waals surface area contributed by atoms with Crippen molar-refractivity contribution in [2.24, 2.45) is 0 Å². The Balaban J connectivity index is 1.79. The molecule has 1 heterocycles. The van der Waals surface area contributed by atoms with Crippen LogP contribution >= 0.6 is 0 Å². The van der Waals surface area contributed by atoms with Crippen LogP contribution in [0.15, 0.2) is 78.5 Å². The van der Waals surface area contributed by atoms with Crippen molar-refractivity contribution in [2.75, 3.05) is 17.3 Å². The number of halogens is 1. The average Bonchev–Trinajstić information content (AvgIpc) is 3.04. The Morgan fingerprint density at radius 3 is 2.29 bits per heavy atom. The molecule has 2 amide bonds. The number of anilines is 2. The van der Waals surface area contributed by atoms with Crippen molar-refractivity contribution in [1.82, 2.24) is 0 Å². The maximum absolute atomic E-state index is 13.5. The van der Waals surface area contributed by atoms with Crippen LogP contribution in [0.1, 0.15) is 18.1 Å². The standard InChI is InChI=1S/C25H21FN2O3/c1-3-16-7-13-19(14-8-16)27-23-22(17-9-11-18(26)12-10-17)24(29)28(25(23)30)20-5-4-6-21(15-20)31-2/h4-15,27H,3H2,1-2H3. The maximum Gasteiger partial charge on any atom is 0.282 e. The Morgan fingerprint density at radius 2 is 1.65 bits per heavy atom. The highest BCUT2D eigenvalue weighted by Gasteiger charge is 2.40. The van der Waals surface area contributed by atoms with Gasteiger partial charge in [-0.1, -0.05) is 37.3 Å². The zero-order chi connectivity index (χ0) is 22.0. The molecule has 0 atom stereocenters. The van der Waals surface area contributed by atoms with Gasteiger partial charge in [-0.2, -0.15) is 0 Å². The number of aryl methyl sites for hydroxylation is 1. The van der Waals surface area contributed by atoms with Crippen LogP contribution in [0.4, 0.5) is 15.8 Å². The lowest BCUT2D eigenvalue weighted by molar-refractivity contribution is -0.120. The van der Waals surface area contributed by atoms with E-state index in [1.165, 1.54) is 31.4 Å². The molecule has 0 aromatic heterocycles. The molecule has 6 heteroatoms. The monoisotopic (exact) mass is 416 g/mol. The molecule has 1 aliphatic heterocycles. The van der Waals surface area contributed by atoms with Gasteiger partial charge in [0, 0.05) is 11.8 Å². The number of hydrogen-bond donors (Lipinski definition) is 1. The van der Waals surface area contributed by atoms with Crippen molar-refractivity contribution in [3.05, 3.63) is 95.4 Å². The highest BCUT2D eigenvalue weighted by Crippen LogP contribution is 2.35. The van der Waals surface area contributed by atoms with Crippen LogP contribution < -0.4 is 15.0 Å². The average molecular weight is 416 g/mol. The third-order valence-electron chi connectivity index (χ3n) is 5.16. The number of amides is 2. The van der Waals surface area contributed by atoms with E-state index in [1.54, 1.807) is 24.3 Å². The van der Waals surface area contributed by atoms with Gasteiger partial charge in [-0.25, -0.2) is 9.29 Å². The first kappa shape index (κ1) is 20.3. The number of hydrogen-bond acceptors (Lipinski definition) is 4. The molecular formula is C25H21FN2O3. The van der Waals surface area contributed by atoms with E-state index < -0.39 is 17.6 Å². The van der Waals surface area contributed by atoms with Crippen molar-refractivity contribution in [3.63, 3.8) is 0 Å². The smallest absolute Gasteiger partial charge is 0.282 e. The minimum atomic E-state index is -0.489. The van der Waals surface area contributed by atoms with Crippen molar-refractivity contribution >= 4 is 28.8 Å². The molecule has 0 fully saturated rings. The quantitative estimate of drug-likeness (QED) is 0.587. The summed E-state index contributed by atoms with van der Waals surface area (Å²) in [6.07, 6.45) is 0.894. The van der Waals surface area contributed by atoms with Gasteiger partial charge in [0.15, 0.2) is 0 Å². The summed E-state index contributed by atoms with van der Waals surface area (Å²) >= 11 is 0. The molecule has 3 aromatic rings. The molecule has 0 aliphatic carbocycles. The molecule has 4 rings (SSSR count). The molecule has 1 aliphatic rings. The van der Waals surface area contributed by atoms with Gasteiger partial charge in [0.05, 0.1) is 18.4 Å². The number of carbonyl (C=O) groups excluding carboxylic acids is 2. The number of nitrogens with one attached hydrogen (secondary N) is 1. The Hall–Kier alpha value is -3.93. The fraction of sp³-hybridized carbons (Fsp3) is 0.120. The number of carbonyl (C=O) groups is 2. The first-order valence-electron chi connectivity index (χ1n) is 9.91. The summed E-state index contributed by atoms with van der Waals surface area (Å²) in [5.41, 5.74) is 3.02. The van der Waals surface area contributed by atoms with Crippen LogP contribution in [0.5, 0.6) is 5.75 Å². The Labute approximate surface area is 179 Å². The third kappa shape index (κ3) is 3.92. The van der Waals surface area contributed by atoms with Crippen molar-refractivity contribution < 1.29 is 18.7 Å². The number of imide groups is 1. The summed E-state index contributed by atoms with van der Waals surface area (Å²) < 4.78 is 18.7. The van der Waals surface area contributed by atoms with E-state index in [9.17, 15) is 14.0 Å². The third-order valence-corrected chi connectivity index (χ3v) is 5.16. The molecule has 0 saturated carbocycles. The SMILES string of the molecule is CCc1ccc(NC2=C(c3ccc(F)cc3)C(=O)N(c3cccc(OC)c3)C2=O)cc1. The van der Waals surface area contributed by atoms with Crippen LogP contribution in [-0.4, -0.2) is 18.9 Å².